The molecule has 0 aromatic rings. The standard InChI is InChI=1S/C22H36O4/c1-16-7-5-8-17(2)10-11-18-19(23)20(25-15-24-4)21(3,12-6-9-16)13-22(18)14-26-22/h8-9,18-20,23H,5-7,10-15H2,1-4H3/b16-9+,17-8+/t18-,19+,20+,21+,22-/m1/s1. The van der Waals surface area contributed by atoms with Gasteiger partial charge in [-0.25, -0.2) is 0 Å². The fraction of sp³-hybridized carbons (Fsp3) is 0.818. The van der Waals surface area contributed by atoms with Gasteiger partial charge in [0.05, 0.1) is 24.4 Å². The predicted octanol–water partition coefficient (Wildman–Crippen LogP) is 4.38. The fourth-order valence-electron chi connectivity index (χ4n) is 5.15. The van der Waals surface area contributed by atoms with Crippen molar-refractivity contribution in [2.75, 3.05) is 20.5 Å². The summed E-state index contributed by atoms with van der Waals surface area (Å²) in [5, 5.41) is 11.3. The Morgan fingerprint density at radius 2 is 1.88 bits per heavy atom. The number of ether oxygens (including phenoxy) is 3. The number of hydrogen-bond donors (Lipinski definition) is 1. The van der Waals surface area contributed by atoms with Gasteiger partial charge in [0.1, 0.15) is 6.79 Å². The molecule has 0 aromatic carbocycles. The van der Waals surface area contributed by atoms with Gasteiger partial charge in [-0.2, -0.15) is 0 Å². The molecule has 2 fully saturated rings. The lowest BCUT2D eigenvalue weighted by molar-refractivity contribution is -0.203. The molecule has 26 heavy (non-hydrogen) atoms. The zero-order valence-electron chi connectivity index (χ0n) is 16.9. The Bertz CT molecular complexity index is 548. The summed E-state index contributed by atoms with van der Waals surface area (Å²) < 4.78 is 17.2. The molecule has 1 heterocycles. The van der Waals surface area contributed by atoms with Crippen LogP contribution >= 0.6 is 0 Å². The van der Waals surface area contributed by atoms with Gasteiger partial charge in [0, 0.05) is 13.0 Å². The van der Waals surface area contributed by atoms with Gasteiger partial charge in [0.25, 0.3) is 0 Å². The summed E-state index contributed by atoms with van der Waals surface area (Å²) in [4.78, 5) is 0. The van der Waals surface area contributed by atoms with Crippen molar-refractivity contribution >= 4 is 0 Å². The first kappa shape index (κ1) is 20.1. The van der Waals surface area contributed by atoms with Crippen molar-refractivity contribution in [1.29, 1.82) is 0 Å². The highest BCUT2D eigenvalue weighted by Crippen LogP contribution is 2.57. The number of hydrogen-bond acceptors (Lipinski definition) is 4. The monoisotopic (exact) mass is 364 g/mol. The highest BCUT2D eigenvalue weighted by molar-refractivity contribution is 5.15. The second-order valence-corrected chi connectivity index (χ2v) is 8.99. The molecule has 0 unspecified atom stereocenters. The van der Waals surface area contributed by atoms with Gasteiger partial charge in [-0.3, -0.25) is 0 Å². The van der Waals surface area contributed by atoms with Gasteiger partial charge in [-0.05, 0) is 64.2 Å². The van der Waals surface area contributed by atoms with Gasteiger partial charge in [-0.1, -0.05) is 30.2 Å². The van der Waals surface area contributed by atoms with Gasteiger partial charge >= 0.3 is 0 Å². The van der Waals surface area contributed by atoms with Crippen LogP contribution in [-0.2, 0) is 14.2 Å². The van der Waals surface area contributed by atoms with Crippen LogP contribution < -0.4 is 0 Å². The molecular formula is C22H36O4. The van der Waals surface area contributed by atoms with E-state index in [0.29, 0.717) is 0 Å². The Labute approximate surface area is 158 Å². The highest BCUT2D eigenvalue weighted by atomic mass is 16.7. The Kier molecular flexibility index (Phi) is 6.28. The molecule has 1 saturated carbocycles. The normalized spacial score (nSPS) is 45.5. The van der Waals surface area contributed by atoms with E-state index < -0.39 is 6.10 Å². The summed E-state index contributed by atoms with van der Waals surface area (Å²) in [6.45, 7) is 7.71. The van der Waals surface area contributed by atoms with Crippen LogP contribution in [0.2, 0.25) is 0 Å². The molecule has 4 heteroatoms. The summed E-state index contributed by atoms with van der Waals surface area (Å²) >= 11 is 0. The van der Waals surface area contributed by atoms with Crippen LogP contribution in [-0.4, -0.2) is 43.4 Å². The molecule has 1 spiro atoms. The van der Waals surface area contributed by atoms with Crippen LogP contribution in [0.1, 0.15) is 65.7 Å². The van der Waals surface area contributed by atoms with E-state index in [0.717, 1.165) is 51.6 Å². The maximum absolute atomic E-state index is 11.3. The van der Waals surface area contributed by atoms with Gasteiger partial charge < -0.3 is 19.3 Å². The molecule has 4 aliphatic rings. The SMILES string of the molecule is COCO[C@H]1[C@@H](O)[C@H]2CC/C(C)=C/CC/C(C)=C/CC[C@@]1(C)C[C@@]21CO1. The Morgan fingerprint density at radius 3 is 2.58 bits per heavy atom. The van der Waals surface area contributed by atoms with Crippen LogP contribution in [0.4, 0.5) is 0 Å². The van der Waals surface area contributed by atoms with Gasteiger partial charge in [-0.15, -0.1) is 0 Å². The molecule has 4 nitrogen and oxygen atoms in total. The van der Waals surface area contributed by atoms with Crippen LogP contribution in [0, 0.1) is 11.3 Å². The van der Waals surface area contributed by atoms with Crippen molar-refractivity contribution in [3.05, 3.63) is 23.3 Å². The smallest absolute Gasteiger partial charge is 0.146 e. The Balaban J connectivity index is 1.89. The van der Waals surface area contributed by atoms with Crippen molar-refractivity contribution in [3.8, 4) is 0 Å². The van der Waals surface area contributed by atoms with E-state index in [9.17, 15) is 5.11 Å². The molecule has 5 atom stereocenters. The number of aliphatic hydroxyl groups is 1. The van der Waals surface area contributed by atoms with E-state index in [1.807, 2.05) is 0 Å². The molecule has 1 saturated heterocycles. The molecule has 1 N–H and O–H groups in total. The van der Waals surface area contributed by atoms with Crippen molar-refractivity contribution in [2.24, 2.45) is 11.3 Å². The fourth-order valence-corrected chi connectivity index (χ4v) is 5.15. The molecule has 2 bridgehead atoms. The first-order valence-electron chi connectivity index (χ1n) is 10.1. The van der Waals surface area contributed by atoms with E-state index >= 15 is 0 Å². The quantitative estimate of drug-likeness (QED) is 0.459. The minimum Gasteiger partial charge on any atom is -0.390 e. The first-order valence-corrected chi connectivity index (χ1v) is 10.1. The van der Waals surface area contributed by atoms with E-state index in [-0.39, 0.29) is 29.8 Å². The maximum atomic E-state index is 11.3. The zero-order chi connectivity index (χ0) is 18.8. The van der Waals surface area contributed by atoms with E-state index in [2.05, 4.69) is 32.9 Å². The summed E-state index contributed by atoms with van der Waals surface area (Å²) in [5.41, 5.74) is 2.62. The molecule has 148 valence electrons. The number of rotatable bonds is 3. The predicted molar refractivity (Wildman–Crippen MR) is 103 cm³/mol. The highest BCUT2D eigenvalue weighted by Gasteiger charge is 2.64. The minimum atomic E-state index is -0.507. The third kappa shape index (κ3) is 4.24. The number of aliphatic hydroxyl groups excluding tert-OH is 1. The molecule has 4 rings (SSSR count). The van der Waals surface area contributed by atoms with Crippen molar-refractivity contribution < 1.29 is 19.3 Å². The molecule has 0 amide bonds. The lowest BCUT2D eigenvalue weighted by Gasteiger charge is -2.50. The molecule has 0 radical (unpaired) electrons. The van der Waals surface area contributed by atoms with Gasteiger partial charge in [0.2, 0.25) is 0 Å². The minimum absolute atomic E-state index is 0.100. The second kappa shape index (κ2) is 8.14. The molecular weight excluding hydrogens is 328 g/mol. The summed E-state index contributed by atoms with van der Waals surface area (Å²) in [6.07, 6.45) is 11.2. The van der Waals surface area contributed by atoms with Crippen molar-refractivity contribution in [2.45, 2.75) is 83.5 Å². The lowest BCUT2D eigenvalue weighted by atomic mass is 9.60. The van der Waals surface area contributed by atoms with Crippen LogP contribution in [0.25, 0.3) is 0 Å². The topological polar surface area (TPSA) is 51.2 Å². The number of methoxy groups -OCH3 is 1. The average molecular weight is 365 g/mol. The summed E-state index contributed by atoms with van der Waals surface area (Å²) in [6, 6.07) is 0. The van der Waals surface area contributed by atoms with E-state index in [1.165, 1.54) is 11.1 Å². The van der Waals surface area contributed by atoms with Gasteiger partial charge in [0.15, 0.2) is 0 Å². The Hall–Kier alpha value is -0.680. The molecule has 1 aliphatic heterocycles. The first-order chi connectivity index (χ1) is 12.4. The maximum Gasteiger partial charge on any atom is 0.146 e. The average Bonchev–Trinajstić information content (AvgIpc) is 3.33. The van der Waals surface area contributed by atoms with Crippen LogP contribution in [0.15, 0.2) is 23.3 Å². The van der Waals surface area contributed by atoms with Crippen LogP contribution in [0.5, 0.6) is 0 Å². The van der Waals surface area contributed by atoms with Crippen LogP contribution in [0.3, 0.4) is 0 Å². The van der Waals surface area contributed by atoms with Crippen molar-refractivity contribution in [3.63, 3.8) is 0 Å². The molecule has 0 aromatic heterocycles. The lowest BCUT2D eigenvalue weighted by Crippen LogP contribution is -2.58. The third-order valence-corrected chi connectivity index (χ3v) is 6.76. The molecule has 3 aliphatic carbocycles. The Morgan fingerprint density at radius 1 is 1.19 bits per heavy atom. The number of epoxide rings is 1. The zero-order valence-corrected chi connectivity index (χ0v) is 16.9. The van der Waals surface area contributed by atoms with E-state index in [4.69, 9.17) is 14.2 Å². The third-order valence-electron chi connectivity index (χ3n) is 6.76. The summed E-state index contributed by atoms with van der Waals surface area (Å²) in [5.74, 6) is 0.140. The number of fused-ring (bicyclic) bond motifs is 8. The van der Waals surface area contributed by atoms with E-state index in [1.54, 1.807) is 7.11 Å². The summed E-state index contributed by atoms with van der Waals surface area (Å²) in [7, 11) is 1.64. The second-order valence-electron chi connectivity index (χ2n) is 8.99. The largest absolute Gasteiger partial charge is 0.390 e. The number of allylic oxidation sites excluding steroid dienone is 4. The van der Waals surface area contributed by atoms with Crippen molar-refractivity contribution in [1.82, 2.24) is 0 Å².